The van der Waals surface area contributed by atoms with Gasteiger partial charge in [-0.15, -0.1) is 0 Å². The van der Waals surface area contributed by atoms with E-state index in [2.05, 4.69) is 20.7 Å². The second-order valence-corrected chi connectivity index (χ2v) is 7.24. The molecule has 0 amide bonds. The molecule has 1 aliphatic heterocycles. The quantitative estimate of drug-likeness (QED) is 0.812. The largest absolute Gasteiger partial charge is 0.398 e. The van der Waals surface area contributed by atoms with E-state index in [-0.39, 0.29) is 10.8 Å². The van der Waals surface area contributed by atoms with Crippen LogP contribution in [0.3, 0.4) is 0 Å². The molecule has 1 aliphatic rings. The van der Waals surface area contributed by atoms with Gasteiger partial charge >= 0.3 is 0 Å². The van der Waals surface area contributed by atoms with Crippen molar-refractivity contribution in [2.75, 3.05) is 25.5 Å². The Hall–Kier alpha value is -0.630. The van der Waals surface area contributed by atoms with Gasteiger partial charge in [-0.3, -0.25) is 0 Å². The van der Waals surface area contributed by atoms with Gasteiger partial charge in [0.25, 0.3) is 0 Å². The molecule has 1 unspecified atom stereocenters. The number of nitrogens with two attached hydrogens (primary N) is 1. The molecule has 1 fully saturated rings. The number of benzene rings is 1. The molecule has 1 aromatic carbocycles. The van der Waals surface area contributed by atoms with Crippen LogP contribution in [0.25, 0.3) is 0 Å². The van der Waals surface area contributed by atoms with E-state index in [1.54, 1.807) is 6.07 Å². The molecule has 5 nitrogen and oxygen atoms in total. The average molecular weight is 349 g/mol. The van der Waals surface area contributed by atoms with Crippen molar-refractivity contribution in [3.63, 3.8) is 0 Å². The van der Waals surface area contributed by atoms with Gasteiger partial charge in [-0.2, -0.15) is 0 Å². The Morgan fingerprint density at radius 1 is 1.47 bits per heavy atom. The molecule has 106 valence electrons. The van der Waals surface area contributed by atoms with Gasteiger partial charge in [0.2, 0.25) is 10.0 Å². The lowest BCUT2D eigenvalue weighted by atomic mass is 10.0. The van der Waals surface area contributed by atoms with Crippen molar-refractivity contribution in [2.24, 2.45) is 5.92 Å². The van der Waals surface area contributed by atoms with E-state index in [1.165, 1.54) is 12.1 Å². The summed E-state index contributed by atoms with van der Waals surface area (Å²) in [4.78, 5) is 0.185. The number of ether oxygens (including phenoxy) is 1. The number of hydrogen-bond acceptors (Lipinski definition) is 4. The summed E-state index contributed by atoms with van der Waals surface area (Å²) in [6, 6.07) is 4.61. The molecule has 0 bridgehead atoms. The van der Waals surface area contributed by atoms with Crippen molar-refractivity contribution < 1.29 is 13.2 Å². The minimum Gasteiger partial charge on any atom is -0.398 e. The predicted octanol–water partition coefficient (Wildman–Crippen LogP) is 1.74. The van der Waals surface area contributed by atoms with E-state index in [0.29, 0.717) is 23.3 Å². The topological polar surface area (TPSA) is 81.4 Å². The molecule has 0 radical (unpaired) electrons. The number of nitrogen functional groups attached to an aromatic ring is 1. The highest BCUT2D eigenvalue weighted by Gasteiger charge is 2.19. The highest BCUT2D eigenvalue weighted by molar-refractivity contribution is 9.10. The molecule has 19 heavy (non-hydrogen) atoms. The molecule has 1 atom stereocenters. The van der Waals surface area contributed by atoms with Gasteiger partial charge in [0.05, 0.1) is 11.5 Å². The van der Waals surface area contributed by atoms with Crippen LogP contribution in [-0.4, -0.2) is 28.2 Å². The zero-order valence-corrected chi connectivity index (χ0v) is 12.8. The van der Waals surface area contributed by atoms with Crippen LogP contribution in [0.15, 0.2) is 27.6 Å². The van der Waals surface area contributed by atoms with Gasteiger partial charge in [0.15, 0.2) is 0 Å². The maximum absolute atomic E-state index is 12.1. The number of sulfonamides is 1. The monoisotopic (exact) mass is 348 g/mol. The summed E-state index contributed by atoms with van der Waals surface area (Å²) in [5, 5.41) is 0. The smallest absolute Gasteiger partial charge is 0.240 e. The summed E-state index contributed by atoms with van der Waals surface area (Å²) in [6.07, 6.45) is 1.97. The standard InChI is InChI=1S/C12H17BrN2O3S/c13-11-4-3-10(6-12(11)14)19(16,17)15-7-9-2-1-5-18-8-9/h3-4,6,9,15H,1-2,5,7-8,14H2. The lowest BCUT2D eigenvalue weighted by molar-refractivity contribution is 0.0568. The maximum Gasteiger partial charge on any atom is 0.240 e. The third-order valence-electron chi connectivity index (χ3n) is 3.09. The summed E-state index contributed by atoms with van der Waals surface area (Å²) in [7, 11) is -3.51. The van der Waals surface area contributed by atoms with Crippen LogP contribution in [0.4, 0.5) is 5.69 Å². The van der Waals surface area contributed by atoms with E-state index in [1.807, 2.05) is 0 Å². The van der Waals surface area contributed by atoms with E-state index in [9.17, 15) is 8.42 Å². The molecule has 3 N–H and O–H groups in total. The molecule has 0 aromatic heterocycles. The fraction of sp³-hybridized carbons (Fsp3) is 0.500. The van der Waals surface area contributed by atoms with Crippen molar-refractivity contribution in [2.45, 2.75) is 17.7 Å². The SMILES string of the molecule is Nc1cc(S(=O)(=O)NCC2CCCOC2)ccc1Br. The first kappa shape index (κ1) is 14.8. The van der Waals surface area contributed by atoms with Crippen LogP contribution < -0.4 is 10.5 Å². The first-order valence-corrected chi connectivity index (χ1v) is 8.39. The third-order valence-corrected chi connectivity index (χ3v) is 5.24. The minimum atomic E-state index is -3.51. The molecule has 2 rings (SSSR count). The van der Waals surface area contributed by atoms with E-state index in [0.717, 1.165) is 19.4 Å². The number of hydrogen-bond donors (Lipinski definition) is 2. The first-order valence-electron chi connectivity index (χ1n) is 6.11. The van der Waals surface area contributed by atoms with Crippen LogP contribution in [-0.2, 0) is 14.8 Å². The van der Waals surface area contributed by atoms with Gasteiger partial charge in [0, 0.05) is 23.3 Å². The molecular weight excluding hydrogens is 332 g/mol. The van der Waals surface area contributed by atoms with Crippen molar-refractivity contribution in [1.82, 2.24) is 4.72 Å². The predicted molar refractivity (Wildman–Crippen MR) is 77.3 cm³/mol. The van der Waals surface area contributed by atoms with Gasteiger partial charge in [-0.1, -0.05) is 0 Å². The van der Waals surface area contributed by atoms with Crippen LogP contribution in [0.2, 0.25) is 0 Å². The average Bonchev–Trinajstić information content (AvgIpc) is 2.41. The Bertz CT molecular complexity index is 542. The Labute approximate surface area is 121 Å². The third kappa shape index (κ3) is 3.92. The summed E-state index contributed by atoms with van der Waals surface area (Å²) in [5.74, 6) is 0.247. The van der Waals surface area contributed by atoms with Gasteiger partial charge in [-0.25, -0.2) is 13.1 Å². The lowest BCUT2D eigenvalue weighted by Crippen LogP contribution is -2.33. The van der Waals surface area contributed by atoms with Gasteiger partial charge in [0.1, 0.15) is 0 Å². The number of nitrogens with one attached hydrogen (secondary N) is 1. The number of halogens is 1. The summed E-state index contributed by atoms with van der Waals surface area (Å²) >= 11 is 3.24. The van der Waals surface area contributed by atoms with Crippen LogP contribution >= 0.6 is 15.9 Å². The molecule has 1 aromatic rings. The molecule has 1 saturated heterocycles. The van der Waals surface area contributed by atoms with Crippen molar-refractivity contribution >= 4 is 31.6 Å². The van der Waals surface area contributed by atoms with E-state index < -0.39 is 10.0 Å². The molecule has 0 aliphatic carbocycles. The van der Waals surface area contributed by atoms with Gasteiger partial charge in [-0.05, 0) is 52.9 Å². The van der Waals surface area contributed by atoms with Crippen molar-refractivity contribution in [1.29, 1.82) is 0 Å². The van der Waals surface area contributed by atoms with Crippen molar-refractivity contribution in [3.05, 3.63) is 22.7 Å². The van der Waals surface area contributed by atoms with E-state index >= 15 is 0 Å². The Morgan fingerprint density at radius 2 is 2.26 bits per heavy atom. The van der Waals surface area contributed by atoms with Crippen LogP contribution in [0.5, 0.6) is 0 Å². The molecule has 0 spiro atoms. The molecular formula is C12H17BrN2O3S. The highest BCUT2D eigenvalue weighted by Crippen LogP contribution is 2.23. The Kier molecular flexibility index (Phi) is 4.83. The first-order chi connectivity index (χ1) is 8.99. The second-order valence-electron chi connectivity index (χ2n) is 4.62. The lowest BCUT2D eigenvalue weighted by Gasteiger charge is -2.22. The minimum absolute atomic E-state index is 0.185. The zero-order chi connectivity index (χ0) is 13.9. The number of rotatable bonds is 4. The molecule has 0 saturated carbocycles. The second kappa shape index (κ2) is 6.21. The summed E-state index contributed by atoms with van der Waals surface area (Å²) in [6.45, 7) is 1.79. The summed E-state index contributed by atoms with van der Waals surface area (Å²) in [5.41, 5.74) is 6.10. The summed E-state index contributed by atoms with van der Waals surface area (Å²) < 4.78 is 32.9. The van der Waals surface area contributed by atoms with Crippen molar-refractivity contribution in [3.8, 4) is 0 Å². The van der Waals surface area contributed by atoms with Crippen LogP contribution in [0, 0.1) is 5.92 Å². The number of anilines is 1. The fourth-order valence-electron chi connectivity index (χ4n) is 1.97. The maximum atomic E-state index is 12.1. The fourth-order valence-corrected chi connectivity index (χ4v) is 3.37. The normalized spacial score (nSPS) is 20.4. The van der Waals surface area contributed by atoms with E-state index in [4.69, 9.17) is 10.5 Å². The van der Waals surface area contributed by atoms with Gasteiger partial charge < -0.3 is 10.5 Å². The Morgan fingerprint density at radius 3 is 2.89 bits per heavy atom. The van der Waals surface area contributed by atoms with Crippen LogP contribution in [0.1, 0.15) is 12.8 Å². The zero-order valence-electron chi connectivity index (χ0n) is 10.4. The molecule has 1 heterocycles. The highest BCUT2D eigenvalue weighted by atomic mass is 79.9. The molecule has 7 heteroatoms. The Balaban J connectivity index is 2.02.